The predicted molar refractivity (Wildman–Crippen MR) is 128 cm³/mol. The van der Waals surface area contributed by atoms with E-state index in [2.05, 4.69) is 20.6 Å². The predicted octanol–water partition coefficient (Wildman–Crippen LogP) is 5.43. The molecule has 9 heteroatoms. The maximum atomic E-state index is 13.5. The molecule has 4 aromatic rings. The van der Waals surface area contributed by atoms with Crippen LogP contribution < -0.4 is 15.5 Å². The van der Waals surface area contributed by atoms with E-state index in [1.165, 1.54) is 24.4 Å². The Balaban J connectivity index is 1.40. The second-order valence-corrected chi connectivity index (χ2v) is 7.96. The highest BCUT2D eigenvalue weighted by atomic mass is 35.5. The van der Waals surface area contributed by atoms with Crippen LogP contribution in [0.3, 0.4) is 0 Å². The van der Waals surface area contributed by atoms with Gasteiger partial charge >= 0.3 is 0 Å². The summed E-state index contributed by atoms with van der Waals surface area (Å²) in [4.78, 5) is 36.1. The quantitative estimate of drug-likeness (QED) is 0.414. The average Bonchev–Trinajstić information content (AvgIpc) is 3.02. The molecule has 3 heterocycles. The first-order chi connectivity index (χ1) is 16.5. The molecule has 1 aliphatic rings. The number of fused-ring (bicyclic) bond motifs is 2. The minimum Gasteiger partial charge on any atom is -0.338 e. The highest BCUT2D eigenvalue weighted by Gasteiger charge is 2.25. The fourth-order valence-electron chi connectivity index (χ4n) is 3.66. The molecule has 5 rings (SSSR count). The van der Waals surface area contributed by atoms with Crippen molar-refractivity contribution in [2.45, 2.75) is 6.54 Å². The standard InChI is InChI=1S/C25H17ClFN5O2/c26-19-9-8-17(27)12-18(19)24(33)31-22-10-7-15(13-29-22)25(34)32-14-16-4-3-11-28-23(16)30-20-5-1-2-6-21(20)32/h1-13H,14H2,(H,28,30)(H,29,31,33). The van der Waals surface area contributed by atoms with Crippen molar-refractivity contribution >= 4 is 46.4 Å². The van der Waals surface area contributed by atoms with Gasteiger partial charge in [0.1, 0.15) is 17.5 Å². The van der Waals surface area contributed by atoms with Gasteiger partial charge in [0.05, 0.1) is 34.1 Å². The van der Waals surface area contributed by atoms with Crippen molar-refractivity contribution in [2.24, 2.45) is 0 Å². The molecule has 0 saturated carbocycles. The van der Waals surface area contributed by atoms with Gasteiger partial charge in [-0.3, -0.25) is 9.59 Å². The van der Waals surface area contributed by atoms with Crippen molar-refractivity contribution < 1.29 is 14.0 Å². The van der Waals surface area contributed by atoms with E-state index in [1.807, 2.05) is 36.4 Å². The second kappa shape index (κ2) is 8.92. The number of hydrogen-bond donors (Lipinski definition) is 2. The van der Waals surface area contributed by atoms with Gasteiger partial charge in [0.15, 0.2) is 0 Å². The first-order valence-electron chi connectivity index (χ1n) is 10.3. The lowest BCUT2D eigenvalue weighted by Gasteiger charge is -2.22. The van der Waals surface area contributed by atoms with E-state index in [1.54, 1.807) is 17.2 Å². The van der Waals surface area contributed by atoms with E-state index in [-0.39, 0.29) is 22.3 Å². The van der Waals surface area contributed by atoms with Crippen molar-refractivity contribution in [2.75, 3.05) is 15.5 Å². The maximum Gasteiger partial charge on any atom is 0.260 e. The van der Waals surface area contributed by atoms with Crippen LogP contribution in [0.4, 0.5) is 27.4 Å². The van der Waals surface area contributed by atoms with Crippen molar-refractivity contribution in [3.63, 3.8) is 0 Å². The zero-order chi connectivity index (χ0) is 23.7. The van der Waals surface area contributed by atoms with Gasteiger partial charge in [0, 0.05) is 18.0 Å². The first-order valence-corrected chi connectivity index (χ1v) is 10.7. The molecule has 0 atom stereocenters. The summed E-state index contributed by atoms with van der Waals surface area (Å²) < 4.78 is 13.5. The number of anilines is 4. The highest BCUT2D eigenvalue weighted by molar-refractivity contribution is 6.34. The summed E-state index contributed by atoms with van der Waals surface area (Å²) in [6.07, 6.45) is 3.08. The van der Waals surface area contributed by atoms with Crippen LogP contribution in [0, 0.1) is 5.82 Å². The van der Waals surface area contributed by atoms with Crippen LogP contribution in [0.1, 0.15) is 26.3 Å². The Labute approximate surface area is 199 Å². The number of hydrogen-bond acceptors (Lipinski definition) is 5. The molecule has 0 radical (unpaired) electrons. The SMILES string of the molecule is O=C(Nc1ccc(C(=O)N2Cc3cccnc3Nc3ccccc32)cn1)c1cc(F)ccc1Cl. The summed E-state index contributed by atoms with van der Waals surface area (Å²) >= 11 is 5.99. The normalized spacial score (nSPS) is 12.1. The van der Waals surface area contributed by atoms with Crippen LogP contribution in [0.5, 0.6) is 0 Å². The van der Waals surface area contributed by atoms with E-state index >= 15 is 0 Å². The first kappa shape index (κ1) is 21.5. The molecular weight excluding hydrogens is 457 g/mol. The molecule has 0 spiro atoms. The van der Waals surface area contributed by atoms with Gasteiger partial charge in [-0.15, -0.1) is 0 Å². The number of pyridine rings is 2. The number of nitrogens with one attached hydrogen (secondary N) is 2. The Kier molecular flexibility index (Phi) is 5.65. The third-order valence-electron chi connectivity index (χ3n) is 5.34. The summed E-state index contributed by atoms with van der Waals surface area (Å²) in [6, 6.07) is 17.8. The Morgan fingerprint density at radius 2 is 1.88 bits per heavy atom. The number of rotatable bonds is 3. The summed E-state index contributed by atoms with van der Waals surface area (Å²) in [7, 11) is 0. The van der Waals surface area contributed by atoms with E-state index < -0.39 is 11.7 Å². The van der Waals surface area contributed by atoms with E-state index in [0.29, 0.717) is 23.6 Å². The van der Waals surface area contributed by atoms with Gasteiger partial charge in [-0.2, -0.15) is 0 Å². The smallest absolute Gasteiger partial charge is 0.260 e. The molecule has 2 amide bonds. The number of aromatic nitrogens is 2. The molecular formula is C25H17ClFN5O2. The lowest BCUT2D eigenvalue weighted by atomic mass is 10.1. The van der Waals surface area contributed by atoms with Gasteiger partial charge < -0.3 is 15.5 Å². The van der Waals surface area contributed by atoms with Crippen molar-refractivity contribution in [1.29, 1.82) is 0 Å². The second-order valence-electron chi connectivity index (χ2n) is 7.55. The van der Waals surface area contributed by atoms with Crippen LogP contribution in [-0.2, 0) is 6.54 Å². The molecule has 1 aliphatic heterocycles. The Hall–Kier alpha value is -4.30. The summed E-state index contributed by atoms with van der Waals surface area (Å²) in [5.41, 5.74) is 2.67. The molecule has 0 aliphatic carbocycles. The largest absolute Gasteiger partial charge is 0.338 e. The zero-order valence-electron chi connectivity index (χ0n) is 17.6. The summed E-state index contributed by atoms with van der Waals surface area (Å²) in [5, 5.41) is 5.97. The number of carbonyl (C=O) groups excluding carboxylic acids is 2. The van der Waals surface area contributed by atoms with E-state index in [9.17, 15) is 14.0 Å². The van der Waals surface area contributed by atoms with Crippen LogP contribution >= 0.6 is 11.6 Å². The lowest BCUT2D eigenvalue weighted by Crippen LogP contribution is -2.30. The minimum absolute atomic E-state index is 0.00966. The fourth-order valence-corrected chi connectivity index (χ4v) is 3.87. The van der Waals surface area contributed by atoms with E-state index in [4.69, 9.17) is 11.6 Å². The molecule has 7 nitrogen and oxygen atoms in total. The molecule has 0 bridgehead atoms. The topological polar surface area (TPSA) is 87.2 Å². The van der Waals surface area contributed by atoms with E-state index in [0.717, 1.165) is 17.3 Å². The number of amides is 2. The fraction of sp³-hybridized carbons (Fsp3) is 0.0400. The van der Waals surface area contributed by atoms with Crippen molar-refractivity contribution in [1.82, 2.24) is 9.97 Å². The molecule has 34 heavy (non-hydrogen) atoms. The minimum atomic E-state index is -0.604. The van der Waals surface area contributed by atoms with Gasteiger partial charge in [0.25, 0.3) is 11.8 Å². The average molecular weight is 474 g/mol. The van der Waals surface area contributed by atoms with Crippen molar-refractivity contribution in [3.8, 4) is 0 Å². The number of benzene rings is 2. The Bertz CT molecular complexity index is 1410. The van der Waals surface area contributed by atoms with Crippen LogP contribution in [0.15, 0.2) is 79.1 Å². The van der Waals surface area contributed by atoms with Crippen LogP contribution in [0.2, 0.25) is 5.02 Å². The zero-order valence-corrected chi connectivity index (χ0v) is 18.4. The third-order valence-corrected chi connectivity index (χ3v) is 5.67. The number of halogens is 2. The van der Waals surface area contributed by atoms with Gasteiger partial charge in [0.2, 0.25) is 0 Å². The van der Waals surface area contributed by atoms with Crippen LogP contribution in [0.25, 0.3) is 0 Å². The number of para-hydroxylation sites is 2. The molecule has 2 aromatic heterocycles. The molecule has 0 saturated heterocycles. The third kappa shape index (κ3) is 4.18. The van der Waals surface area contributed by atoms with Gasteiger partial charge in [-0.1, -0.05) is 29.8 Å². The van der Waals surface area contributed by atoms with Gasteiger partial charge in [-0.25, -0.2) is 14.4 Å². The summed E-state index contributed by atoms with van der Waals surface area (Å²) in [6.45, 7) is 0.322. The lowest BCUT2D eigenvalue weighted by molar-refractivity contribution is 0.0984. The molecule has 2 aromatic carbocycles. The molecule has 168 valence electrons. The Morgan fingerprint density at radius 3 is 2.71 bits per heavy atom. The van der Waals surface area contributed by atoms with Crippen LogP contribution in [-0.4, -0.2) is 21.8 Å². The number of nitrogens with zero attached hydrogens (tertiary/aromatic N) is 3. The van der Waals surface area contributed by atoms with Crippen molar-refractivity contribution in [3.05, 3.63) is 107 Å². The Morgan fingerprint density at radius 1 is 1.03 bits per heavy atom. The number of carbonyl (C=O) groups is 2. The van der Waals surface area contributed by atoms with Gasteiger partial charge in [-0.05, 0) is 48.5 Å². The maximum absolute atomic E-state index is 13.5. The molecule has 2 N–H and O–H groups in total. The highest BCUT2D eigenvalue weighted by Crippen LogP contribution is 2.35. The monoisotopic (exact) mass is 473 g/mol. The molecule has 0 unspecified atom stereocenters. The summed E-state index contributed by atoms with van der Waals surface area (Å²) in [5.74, 6) is -0.545. The molecule has 0 fully saturated rings.